The number of carboxylic acids is 1. The molecule has 0 aromatic carbocycles. The molecule has 1 aliphatic rings. The van der Waals surface area contributed by atoms with Crippen LogP contribution in [0.2, 0.25) is 0 Å². The first-order valence-corrected chi connectivity index (χ1v) is 5.94. The molecule has 1 amide bonds. The highest BCUT2D eigenvalue weighted by Gasteiger charge is 2.36. The van der Waals surface area contributed by atoms with Gasteiger partial charge in [0.15, 0.2) is 0 Å². The Kier molecular flexibility index (Phi) is 5.16. The molecule has 19 heavy (non-hydrogen) atoms. The molecule has 0 aromatic heterocycles. The van der Waals surface area contributed by atoms with Crippen molar-refractivity contribution in [3.05, 3.63) is 0 Å². The first-order chi connectivity index (χ1) is 8.72. The number of likely N-dealkylation sites (tertiary alicyclic amines) is 1. The fourth-order valence-corrected chi connectivity index (χ4v) is 1.98. The Morgan fingerprint density at radius 2 is 2.05 bits per heavy atom. The van der Waals surface area contributed by atoms with Crippen LogP contribution in [0.1, 0.15) is 26.2 Å². The Hall–Kier alpha value is -1.31. The topological polar surface area (TPSA) is 66.8 Å². The summed E-state index contributed by atoms with van der Waals surface area (Å²) in [5.41, 5.74) is 0. The maximum Gasteiger partial charge on any atom is 0.411 e. The van der Waals surface area contributed by atoms with E-state index in [2.05, 4.69) is 4.74 Å². The summed E-state index contributed by atoms with van der Waals surface area (Å²) in [7, 11) is 0. The number of rotatable bonds is 4. The van der Waals surface area contributed by atoms with Gasteiger partial charge in [-0.25, -0.2) is 4.79 Å². The number of hydrogen-bond acceptors (Lipinski definition) is 3. The number of piperidine rings is 1. The van der Waals surface area contributed by atoms with Crippen molar-refractivity contribution in [2.24, 2.45) is 0 Å². The molecule has 1 saturated heterocycles. The van der Waals surface area contributed by atoms with Crippen LogP contribution in [0.15, 0.2) is 0 Å². The number of amides is 1. The molecule has 2 atom stereocenters. The van der Waals surface area contributed by atoms with Crippen molar-refractivity contribution in [3.63, 3.8) is 0 Å². The lowest BCUT2D eigenvalue weighted by molar-refractivity contribution is -0.190. The molecule has 0 bridgehead atoms. The molecule has 0 unspecified atom stereocenters. The Labute approximate surface area is 108 Å². The van der Waals surface area contributed by atoms with Crippen molar-refractivity contribution in [1.82, 2.24) is 4.90 Å². The van der Waals surface area contributed by atoms with Gasteiger partial charge in [0.25, 0.3) is 5.91 Å². The minimum absolute atomic E-state index is 0.232. The molecule has 1 heterocycles. The zero-order valence-corrected chi connectivity index (χ0v) is 10.4. The highest BCUT2D eigenvalue weighted by molar-refractivity contribution is 5.86. The summed E-state index contributed by atoms with van der Waals surface area (Å²) < 4.78 is 40.4. The van der Waals surface area contributed by atoms with Crippen LogP contribution < -0.4 is 0 Å². The smallest absolute Gasteiger partial charge is 0.411 e. The number of nitrogens with zero attached hydrogens (tertiary/aromatic N) is 1. The fraction of sp³-hybridized carbons (Fsp3) is 0.818. The molecule has 1 fully saturated rings. The molecule has 0 saturated carbocycles. The number of carboxylic acid groups (broad SMARTS) is 1. The summed E-state index contributed by atoms with van der Waals surface area (Å²) >= 11 is 0. The van der Waals surface area contributed by atoms with E-state index in [-0.39, 0.29) is 6.54 Å². The molecule has 5 nitrogen and oxygen atoms in total. The Bertz CT molecular complexity index is 345. The van der Waals surface area contributed by atoms with Gasteiger partial charge in [-0.15, -0.1) is 0 Å². The SMILES string of the molecule is C[C@@H](OCC(F)(F)F)C(=O)N1CCCC[C@@H]1C(=O)O. The zero-order valence-electron chi connectivity index (χ0n) is 10.4. The third-order valence-corrected chi connectivity index (χ3v) is 2.92. The van der Waals surface area contributed by atoms with Gasteiger partial charge in [0.1, 0.15) is 18.8 Å². The van der Waals surface area contributed by atoms with E-state index in [0.29, 0.717) is 19.3 Å². The number of carbonyl (C=O) groups excluding carboxylic acids is 1. The lowest BCUT2D eigenvalue weighted by Crippen LogP contribution is -2.51. The molecule has 0 spiro atoms. The standard InChI is InChI=1S/C11H16F3NO4/c1-7(19-6-11(12,13)14)9(16)15-5-3-2-4-8(15)10(17)18/h7-8H,2-6H2,1H3,(H,17,18)/t7-,8-/m1/s1. The Morgan fingerprint density at radius 3 is 2.58 bits per heavy atom. The molecule has 0 aromatic rings. The van der Waals surface area contributed by atoms with Crippen LogP contribution in [0.25, 0.3) is 0 Å². The average molecular weight is 283 g/mol. The van der Waals surface area contributed by atoms with Gasteiger partial charge in [-0.3, -0.25) is 4.79 Å². The summed E-state index contributed by atoms with van der Waals surface area (Å²) in [6, 6.07) is -0.974. The zero-order chi connectivity index (χ0) is 14.6. The number of hydrogen-bond donors (Lipinski definition) is 1. The van der Waals surface area contributed by atoms with Gasteiger partial charge in [-0.2, -0.15) is 13.2 Å². The van der Waals surface area contributed by atoms with E-state index < -0.39 is 36.8 Å². The van der Waals surface area contributed by atoms with Crippen LogP contribution in [-0.4, -0.2) is 53.4 Å². The lowest BCUT2D eigenvalue weighted by Gasteiger charge is -2.34. The van der Waals surface area contributed by atoms with Gasteiger partial charge in [0.05, 0.1) is 0 Å². The van der Waals surface area contributed by atoms with E-state index >= 15 is 0 Å². The monoisotopic (exact) mass is 283 g/mol. The number of alkyl halides is 3. The van der Waals surface area contributed by atoms with Crippen LogP contribution in [0.5, 0.6) is 0 Å². The number of carbonyl (C=O) groups is 2. The van der Waals surface area contributed by atoms with Crippen LogP contribution in [0.4, 0.5) is 13.2 Å². The molecule has 110 valence electrons. The normalized spacial score (nSPS) is 22.1. The quantitative estimate of drug-likeness (QED) is 0.847. The third kappa shape index (κ3) is 4.70. The molecular formula is C11H16F3NO4. The second-order valence-corrected chi connectivity index (χ2v) is 4.45. The lowest BCUT2D eigenvalue weighted by atomic mass is 10.0. The molecular weight excluding hydrogens is 267 g/mol. The maximum absolute atomic E-state index is 12.0. The van der Waals surface area contributed by atoms with Gasteiger partial charge in [-0.1, -0.05) is 0 Å². The fourth-order valence-electron chi connectivity index (χ4n) is 1.98. The van der Waals surface area contributed by atoms with Crippen molar-refractivity contribution >= 4 is 11.9 Å². The predicted molar refractivity (Wildman–Crippen MR) is 58.5 cm³/mol. The van der Waals surface area contributed by atoms with Gasteiger partial charge in [0.2, 0.25) is 0 Å². The van der Waals surface area contributed by atoms with E-state index in [1.807, 2.05) is 0 Å². The summed E-state index contributed by atoms with van der Waals surface area (Å²) in [5, 5.41) is 8.98. The Morgan fingerprint density at radius 1 is 1.42 bits per heavy atom. The summed E-state index contributed by atoms with van der Waals surface area (Å²) in [6.45, 7) is -0.0947. The first kappa shape index (κ1) is 15.7. The second-order valence-electron chi connectivity index (χ2n) is 4.45. The van der Waals surface area contributed by atoms with E-state index in [4.69, 9.17) is 5.11 Å². The van der Waals surface area contributed by atoms with Crippen LogP contribution in [0.3, 0.4) is 0 Å². The van der Waals surface area contributed by atoms with E-state index in [1.54, 1.807) is 0 Å². The maximum atomic E-state index is 12.0. The molecule has 8 heteroatoms. The van der Waals surface area contributed by atoms with E-state index in [1.165, 1.54) is 6.92 Å². The largest absolute Gasteiger partial charge is 0.480 e. The van der Waals surface area contributed by atoms with Gasteiger partial charge in [0, 0.05) is 6.54 Å². The predicted octanol–water partition coefficient (Wildman–Crippen LogP) is 1.42. The Balaban J connectivity index is 2.61. The minimum atomic E-state index is -4.51. The molecule has 0 radical (unpaired) electrons. The van der Waals surface area contributed by atoms with Gasteiger partial charge >= 0.3 is 12.1 Å². The number of halogens is 3. The summed E-state index contributed by atoms with van der Waals surface area (Å²) in [6.07, 6.45) is -4.18. The third-order valence-electron chi connectivity index (χ3n) is 2.92. The van der Waals surface area contributed by atoms with Crippen molar-refractivity contribution in [2.75, 3.05) is 13.2 Å². The van der Waals surface area contributed by atoms with Crippen molar-refractivity contribution in [2.45, 2.75) is 44.5 Å². The summed E-state index contributed by atoms with van der Waals surface area (Å²) in [5.74, 6) is -1.85. The van der Waals surface area contributed by atoms with Crippen molar-refractivity contribution < 1.29 is 32.6 Å². The molecule has 0 aliphatic carbocycles. The van der Waals surface area contributed by atoms with E-state index in [9.17, 15) is 22.8 Å². The molecule has 1 rings (SSSR count). The van der Waals surface area contributed by atoms with Crippen LogP contribution >= 0.6 is 0 Å². The molecule has 1 aliphatic heterocycles. The number of ether oxygens (including phenoxy) is 1. The van der Waals surface area contributed by atoms with Crippen molar-refractivity contribution in [3.8, 4) is 0 Å². The van der Waals surface area contributed by atoms with Gasteiger partial charge in [-0.05, 0) is 26.2 Å². The highest BCUT2D eigenvalue weighted by Crippen LogP contribution is 2.20. The van der Waals surface area contributed by atoms with E-state index in [0.717, 1.165) is 4.90 Å². The van der Waals surface area contributed by atoms with Crippen molar-refractivity contribution in [1.29, 1.82) is 0 Å². The molecule has 1 N–H and O–H groups in total. The first-order valence-electron chi connectivity index (χ1n) is 5.94. The van der Waals surface area contributed by atoms with Crippen LogP contribution in [-0.2, 0) is 14.3 Å². The second kappa shape index (κ2) is 6.23. The minimum Gasteiger partial charge on any atom is -0.480 e. The average Bonchev–Trinajstić information content (AvgIpc) is 2.34. The van der Waals surface area contributed by atoms with Gasteiger partial charge < -0.3 is 14.7 Å². The van der Waals surface area contributed by atoms with Crippen LogP contribution in [0, 0.1) is 0 Å². The highest BCUT2D eigenvalue weighted by atomic mass is 19.4. The number of aliphatic carboxylic acids is 1. The summed E-state index contributed by atoms with van der Waals surface area (Å²) in [4.78, 5) is 24.0.